The Balaban J connectivity index is 2.31. The smallest absolute Gasteiger partial charge is 0.400 e. The first kappa shape index (κ1) is 16.2. The van der Waals surface area contributed by atoms with E-state index in [2.05, 4.69) is 57.1 Å². The van der Waals surface area contributed by atoms with Gasteiger partial charge in [0.05, 0.1) is 16.9 Å². The van der Waals surface area contributed by atoms with Crippen LogP contribution in [0.3, 0.4) is 0 Å². The van der Waals surface area contributed by atoms with E-state index in [1.165, 1.54) is 0 Å². The minimum absolute atomic E-state index is 0.330. The standard InChI is InChI=1S/C16H25BN2O2/c1-12-8-7-9-19-14(12)10-13(11-18-6)17-20-15(2,3)16(4,5)21-17/h7-10,18H,11H2,1-6H3. The summed E-state index contributed by atoms with van der Waals surface area (Å²) in [4.78, 5) is 4.43. The fourth-order valence-electron chi connectivity index (χ4n) is 2.23. The van der Waals surface area contributed by atoms with Crippen molar-refractivity contribution in [3.05, 3.63) is 35.1 Å². The van der Waals surface area contributed by atoms with Crippen molar-refractivity contribution in [3.8, 4) is 0 Å². The number of likely N-dealkylation sites (N-methyl/N-ethyl adjacent to an activating group) is 1. The van der Waals surface area contributed by atoms with Gasteiger partial charge in [-0.3, -0.25) is 4.98 Å². The molecule has 114 valence electrons. The zero-order valence-electron chi connectivity index (χ0n) is 13.9. The Bertz CT molecular complexity index is 525. The molecular weight excluding hydrogens is 263 g/mol. The van der Waals surface area contributed by atoms with Gasteiger partial charge in [-0.1, -0.05) is 6.07 Å². The summed E-state index contributed by atoms with van der Waals surface area (Å²) in [6.45, 7) is 11.0. The predicted octanol–water partition coefficient (Wildman–Crippen LogP) is 2.62. The molecule has 1 aromatic rings. The SMILES string of the molecule is CNCC(=Cc1ncccc1C)B1OC(C)(C)C(C)(C)O1. The first-order chi connectivity index (χ1) is 9.77. The third-order valence-electron chi connectivity index (χ3n) is 4.31. The first-order valence-corrected chi connectivity index (χ1v) is 7.39. The number of aryl methyl sites for hydroxylation is 1. The van der Waals surface area contributed by atoms with Crippen molar-refractivity contribution in [2.75, 3.05) is 13.6 Å². The third-order valence-corrected chi connectivity index (χ3v) is 4.31. The van der Waals surface area contributed by atoms with E-state index in [0.717, 1.165) is 16.7 Å². The van der Waals surface area contributed by atoms with Gasteiger partial charge in [-0.15, -0.1) is 0 Å². The molecule has 1 N–H and O–H groups in total. The quantitative estimate of drug-likeness (QED) is 0.865. The van der Waals surface area contributed by atoms with Crippen LogP contribution >= 0.6 is 0 Å². The molecule has 1 saturated heterocycles. The summed E-state index contributed by atoms with van der Waals surface area (Å²) in [5.41, 5.74) is 2.49. The van der Waals surface area contributed by atoms with Crippen LogP contribution in [0.15, 0.2) is 23.8 Å². The summed E-state index contributed by atoms with van der Waals surface area (Å²) in [7, 11) is 1.58. The van der Waals surface area contributed by atoms with Crippen molar-refractivity contribution in [3.63, 3.8) is 0 Å². The Labute approximate surface area is 128 Å². The van der Waals surface area contributed by atoms with E-state index >= 15 is 0 Å². The predicted molar refractivity (Wildman–Crippen MR) is 87.0 cm³/mol. The van der Waals surface area contributed by atoms with Crippen LogP contribution in [-0.2, 0) is 9.31 Å². The molecule has 0 saturated carbocycles. The van der Waals surface area contributed by atoms with Gasteiger partial charge in [-0.2, -0.15) is 0 Å². The van der Waals surface area contributed by atoms with E-state index in [0.29, 0.717) is 6.54 Å². The van der Waals surface area contributed by atoms with Crippen molar-refractivity contribution in [1.82, 2.24) is 10.3 Å². The molecule has 2 heterocycles. The number of nitrogens with one attached hydrogen (secondary N) is 1. The van der Waals surface area contributed by atoms with Crippen molar-refractivity contribution >= 4 is 13.2 Å². The molecule has 1 aliphatic rings. The highest BCUT2D eigenvalue weighted by Gasteiger charge is 2.52. The zero-order chi connectivity index (χ0) is 15.7. The number of nitrogens with zero attached hydrogens (tertiary/aromatic N) is 1. The minimum Gasteiger partial charge on any atom is -0.400 e. The molecule has 0 atom stereocenters. The molecular formula is C16H25BN2O2. The highest BCUT2D eigenvalue weighted by atomic mass is 16.7. The van der Waals surface area contributed by atoms with E-state index in [4.69, 9.17) is 9.31 Å². The van der Waals surface area contributed by atoms with E-state index in [1.54, 1.807) is 6.20 Å². The van der Waals surface area contributed by atoms with Gasteiger partial charge in [-0.05, 0) is 64.8 Å². The molecule has 21 heavy (non-hydrogen) atoms. The fraction of sp³-hybridized carbons (Fsp3) is 0.562. The van der Waals surface area contributed by atoms with Crippen molar-refractivity contribution in [1.29, 1.82) is 0 Å². The maximum atomic E-state index is 6.13. The van der Waals surface area contributed by atoms with Crippen LogP contribution in [0.4, 0.5) is 0 Å². The highest BCUT2D eigenvalue weighted by Crippen LogP contribution is 2.38. The number of hydrogen-bond donors (Lipinski definition) is 1. The maximum absolute atomic E-state index is 6.13. The third kappa shape index (κ3) is 3.36. The summed E-state index contributed by atoms with van der Waals surface area (Å²) in [6.07, 6.45) is 3.87. The van der Waals surface area contributed by atoms with Gasteiger partial charge in [0.1, 0.15) is 0 Å². The average Bonchev–Trinajstić information content (AvgIpc) is 2.60. The molecule has 2 rings (SSSR count). The van der Waals surface area contributed by atoms with Gasteiger partial charge in [0, 0.05) is 12.7 Å². The van der Waals surface area contributed by atoms with E-state index in [9.17, 15) is 0 Å². The van der Waals surface area contributed by atoms with Gasteiger partial charge < -0.3 is 14.6 Å². The van der Waals surface area contributed by atoms with Crippen LogP contribution in [0.25, 0.3) is 6.08 Å². The molecule has 0 amide bonds. The van der Waals surface area contributed by atoms with Crippen LogP contribution in [0.1, 0.15) is 39.0 Å². The zero-order valence-corrected chi connectivity index (χ0v) is 13.9. The molecule has 0 aromatic carbocycles. The van der Waals surface area contributed by atoms with Gasteiger partial charge in [0.15, 0.2) is 0 Å². The van der Waals surface area contributed by atoms with Gasteiger partial charge in [0.2, 0.25) is 0 Å². The van der Waals surface area contributed by atoms with Crippen molar-refractivity contribution in [2.45, 2.75) is 45.8 Å². The summed E-state index contributed by atoms with van der Waals surface area (Å²) in [5, 5.41) is 3.18. The number of rotatable bonds is 4. The van der Waals surface area contributed by atoms with Crippen molar-refractivity contribution in [2.24, 2.45) is 0 Å². The van der Waals surface area contributed by atoms with Gasteiger partial charge in [0.25, 0.3) is 0 Å². The van der Waals surface area contributed by atoms with Gasteiger partial charge in [-0.25, -0.2) is 0 Å². The summed E-state index contributed by atoms with van der Waals surface area (Å²) in [6, 6.07) is 4.00. The number of pyridine rings is 1. The van der Waals surface area contributed by atoms with Gasteiger partial charge >= 0.3 is 7.12 Å². The van der Waals surface area contributed by atoms with E-state index in [1.807, 2.05) is 13.1 Å². The lowest BCUT2D eigenvalue weighted by atomic mass is 9.77. The lowest BCUT2D eigenvalue weighted by molar-refractivity contribution is 0.00578. The van der Waals surface area contributed by atoms with Crippen molar-refractivity contribution < 1.29 is 9.31 Å². The molecule has 0 radical (unpaired) electrons. The Morgan fingerprint density at radius 2 is 1.90 bits per heavy atom. The Kier molecular flexibility index (Phi) is 4.56. The molecule has 5 heteroatoms. The second-order valence-corrected chi connectivity index (χ2v) is 6.54. The molecule has 0 unspecified atom stereocenters. The van der Waals surface area contributed by atoms with Crippen LogP contribution in [-0.4, -0.2) is 36.9 Å². The first-order valence-electron chi connectivity index (χ1n) is 7.39. The molecule has 0 aliphatic carbocycles. The van der Waals surface area contributed by atoms with Crippen LogP contribution < -0.4 is 5.32 Å². The molecule has 1 aliphatic heterocycles. The van der Waals surface area contributed by atoms with E-state index < -0.39 is 0 Å². The minimum atomic E-state index is -0.344. The summed E-state index contributed by atoms with van der Waals surface area (Å²) < 4.78 is 12.3. The van der Waals surface area contributed by atoms with Crippen LogP contribution in [0, 0.1) is 6.92 Å². The summed E-state index contributed by atoms with van der Waals surface area (Å²) in [5.74, 6) is 0. The van der Waals surface area contributed by atoms with Crippen LogP contribution in [0.2, 0.25) is 0 Å². The lowest BCUT2D eigenvalue weighted by Crippen LogP contribution is -2.41. The largest absolute Gasteiger partial charge is 0.491 e. The Morgan fingerprint density at radius 3 is 2.43 bits per heavy atom. The normalized spacial score (nSPS) is 20.9. The number of aromatic nitrogens is 1. The molecule has 4 nitrogen and oxygen atoms in total. The second kappa shape index (κ2) is 5.91. The molecule has 1 fully saturated rings. The maximum Gasteiger partial charge on any atom is 0.491 e. The molecule has 1 aromatic heterocycles. The monoisotopic (exact) mass is 288 g/mol. The van der Waals surface area contributed by atoms with Crippen LogP contribution in [0.5, 0.6) is 0 Å². The Hall–Kier alpha value is -1.17. The van der Waals surface area contributed by atoms with E-state index in [-0.39, 0.29) is 18.3 Å². The molecule has 0 bridgehead atoms. The second-order valence-electron chi connectivity index (χ2n) is 6.54. The lowest BCUT2D eigenvalue weighted by Gasteiger charge is -2.32. The number of hydrogen-bond acceptors (Lipinski definition) is 4. The fourth-order valence-corrected chi connectivity index (χ4v) is 2.23. The molecule has 0 spiro atoms. The summed E-state index contributed by atoms with van der Waals surface area (Å²) >= 11 is 0. The topological polar surface area (TPSA) is 43.4 Å². The highest BCUT2D eigenvalue weighted by molar-refractivity contribution is 6.55. The Morgan fingerprint density at radius 1 is 1.29 bits per heavy atom. The average molecular weight is 288 g/mol.